The van der Waals surface area contributed by atoms with E-state index in [1.165, 1.54) is 0 Å². The highest BCUT2D eigenvalue weighted by atomic mass is 16.3. The number of phenolic OH excluding ortho intramolecular Hbond substituents is 2. The first-order valence-electron chi connectivity index (χ1n) is 12.1. The Morgan fingerprint density at radius 3 is 1.36 bits per heavy atom. The van der Waals surface area contributed by atoms with Crippen molar-refractivity contribution >= 4 is 23.2 Å². The number of aromatic hydroxyl groups is 2. The molecule has 0 aliphatic carbocycles. The van der Waals surface area contributed by atoms with Gasteiger partial charge >= 0.3 is 0 Å². The van der Waals surface area contributed by atoms with E-state index >= 15 is 0 Å². The van der Waals surface area contributed by atoms with Crippen molar-refractivity contribution in [1.29, 1.82) is 0 Å². The number of rotatable bonds is 6. The van der Waals surface area contributed by atoms with Gasteiger partial charge in [0.25, 0.3) is 11.8 Å². The van der Waals surface area contributed by atoms with Crippen molar-refractivity contribution in [1.82, 2.24) is 0 Å². The van der Waals surface area contributed by atoms with Gasteiger partial charge in [-0.1, -0.05) is 59.7 Å². The lowest BCUT2D eigenvalue weighted by atomic mass is 9.88. The lowest BCUT2D eigenvalue weighted by molar-refractivity contribution is 0.101. The van der Waals surface area contributed by atoms with Gasteiger partial charge in [0.2, 0.25) is 0 Å². The van der Waals surface area contributed by atoms with Crippen LogP contribution in [-0.2, 0) is 12.8 Å². The zero-order valence-electron chi connectivity index (χ0n) is 21.9. The zero-order valence-corrected chi connectivity index (χ0v) is 21.9. The van der Waals surface area contributed by atoms with Crippen LogP contribution in [0.4, 0.5) is 11.4 Å². The van der Waals surface area contributed by atoms with Crippen molar-refractivity contribution < 1.29 is 19.8 Å². The molecule has 6 heteroatoms. The molecular formula is C30H36N2O4. The first kappa shape index (κ1) is 26.8. The molecule has 4 N–H and O–H groups in total. The third-order valence-electron chi connectivity index (χ3n) is 5.46. The smallest absolute Gasteiger partial charge is 0.259 e. The van der Waals surface area contributed by atoms with E-state index in [-0.39, 0.29) is 33.5 Å². The monoisotopic (exact) mass is 488 g/mol. The summed E-state index contributed by atoms with van der Waals surface area (Å²) in [7, 11) is 0. The Hall–Kier alpha value is -3.80. The fraction of sp³-hybridized carbons (Fsp3) is 0.333. The topological polar surface area (TPSA) is 98.7 Å². The van der Waals surface area contributed by atoms with Gasteiger partial charge in [-0.25, -0.2) is 0 Å². The van der Waals surface area contributed by atoms with E-state index in [2.05, 4.69) is 52.2 Å². The summed E-state index contributed by atoms with van der Waals surface area (Å²) in [6.07, 6.45) is 1.55. The fourth-order valence-electron chi connectivity index (χ4n) is 4.05. The first-order chi connectivity index (χ1) is 16.7. The number of benzene rings is 3. The molecule has 0 fully saturated rings. The van der Waals surface area contributed by atoms with E-state index in [4.69, 9.17) is 0 Å². The molecule has 0 aliphatic heterocycles. The molecule has 0 aromatic heterocycles. The molecule has 0 bridgehead atoms. The molecule has 0 aliphatic rings. The molecule has 0 heterocycles. The van der Waals surface area contributed by atoms with E-state index in [1.54, 1.807) is 48.5 Å². The molecule has 0 spiro atoms. The SMILES string of the molecule is CC(C)(C)Cc1ccc(C(=O)Nc2cccc(NC(=O)c3ccc(CC(C)(C)C)cc3O)c2)c(O)c1. The Morgan fingerprint density at radius 2 is 1.03 bits per heavy atom. The first-order valence-corrected chi connectivity index (χ1v) is 12.1. The van der Waals surface area contributed by atoms with Gasteiger partial charge in [-0.2, -0.15) is 0 Å². The normalized spacial score (nSPS) is 11.7. The molecular weight excluding hydrogens is 452 g/mol. The van der Waals surface area contributed by atoms with Crippen LogP contribution in [0.3, 0.4) is 0 Å². The third-order valence-corrected chi connectivity index (χ3v) is 5.46. The van der Waals surface area contributed by atoms with Gasteiger partial charge in [-0.05, 0) is 77.3 Å². The van der Waals surface area contributed by atoms with E-state index in [0.717, 1.165) is 24.0 Å². The van der Waals surface area contributed by atoms with Crippen molar-refractivity contribution in [2.45, 2.75) is 54.4 Å². The lowest BCUT2D eigenvalue weighted by Gasteiger charge is -2.18. The molecule has 3 aromatic rings. The predicted molar refractivity (Wildman–Crippen MR) is 145 cm³/mol. The number of phenols is 2. The lowest BCUT2D eigenvalue weighted by Crippen LogP contribution is -2.15. The second kappa shape index (κ2) is 10.4. The standard InChI is InChI=1S/C30H36N2O4/c1-29(2,3)17-19-10-12-23(25(33)14-19)27(35)31-21-8-7-9-22(16-21)32-28(36)24-13-11-20(15-26(24)34)18-30(4,5)6/h7-16,33-34H,17-18H2,1-6H3,(H,31,35)(H,32,36). The van der Waals surface area contributed by atoms with E-state index in [0.29, 0.717) is 11.4 Å². The van der Waals surface area contributed by atoms with E-state index < -0.39 is 11.8 Å². The number of hydrogen-bond donors (Lipinski definition) is 4. The quantitative estimate of drug-likeness (QED) is 0.307. The van der Waals surface area contributed by atoms with Gasteiger partial charge in [0.05, 0.1) is 11.1 Å². The molecule has 6 nitrogen and oxygen atoms in total. The van der Waals surface area contributed by atoms with Crippen LogP contribution in [0.15, 0.2) is 60.7 Å². The fourth-order valence-corrected chi connectivity index (χ4v) is 4.05. The molecule has 2 amide bonds. The Balaban J connectivity index is 1.69. The maximum atomic E-state index is 12.8. The second-order valence-electron chi connectivity index (χ2n) is 11.7. The predicted octanol–water partition coefficient (Wildman–Crippen LogP) is 6.78. The maximum absolute atomic E-state index is 12.8. The average molecular weight is 489 g/mol. The van der Waals surface area contributed by atoms with Gasteiger partial charge in [-0.15, -0.1) is 0 Å². The highest BCUT2D eigenvalue weighted by molar-refractivity contribution is 6.08. The van der Waals surface area contributed by atoms with Crippen LogP contribution in [0.5, 0.6) is 11.5 Å². The number of carbonyl (C=O) groups excluding carboxylic acids is 2. The summed E-state index contributed by atoms with van der Waals surface area (Å²) in [4.78, 5) is 25.5. The van der Waals surface area contributed by atoms with Crippen LogP contribution in [0, 0.1) is 10.8 Å². The number of nitrogens with one attached hydrogen (secondary N) is 2. The minimum Gasteiger partial charge on any atom is -0.507 e. The maximum Gasteiger partial charge on any atom is 0.259 e. The minimum atomic E-state index is -0.453. The molecule has 3 aromatic carbocycles. The van der Waals surface area contributed by atoms with Crippen molar-refractivity contribution in [2.24, 2.45) is 10.8 Å². The highest BCUT2D eigenvalue weighted by Crippen LogP contribution is 2.28. The Bertz CT molecular complexity index is 1170. The minimum absolute atomic E-state index is 0.0618. The van der Waals surface area contributed by atoms with Crippen molar-refractivity contribution in [3.8, 4) is 11.5 Å². The Morgan fingerprint density at radius 1 is 0.639 bits per heavy atom. The molecule has 190 valence electrons. The van der Waals surface area contributed by atoms with E-state index in [1.807, 2.05) is 12.1 Å². The van der Waals surface area contributed by atoms with Crippen LogP contribution in [0.2, 0.25) is 0 Å². The Labute approximate surface area is 213 Å². The second-order valence-corrected chi connectivity index (χ2v) is 11.7. The average Bonchev–Trinajstić information content (AvgIpc) is 2.71. The third kappa shape index (κ3) is 7.60. The van der Waals surface area contributed by atoms with Crippen LogP contribution in [0.1, 0.15) is 73.4 Å². The summed E-state index contributed by atoms with van der Waals surface area (Å²) < 4.78 is 0. The molecule has 0 atom stereocenters. The summed E-state index contributed by atoms with van der Waals surface area (Å²) in [5.74, 6) is -1.07. The van der Waals surface area contributed by atoms with Gasteiger partial charge in [-0.3, -0.25) is 9.59 Å². The molecule has 3 rings (SSSR count). The molecule has 36 heavy (non-hydrogen) atoms. The summed E-state index contributed by atoms with van der Waals surface area (Å²) >= 11 is 0. The van der Waals surface area contributed by atoms with Crippen LogP contribution < -0.4 is 10.6 Å². The number of hydrogen-bond acceptors (Lipinski definition) is 4. The van der Waals surface area contributed by atoms with Crippen molar-refractivity contribution in [3.05, 3.63) is 82.9 Å². The van der Waals surface area contributed by atoms with Gasteiger partial charge in [0, 0.05) is 11.4 Å². The molecule has 0 saturated carbocycles. The van der Waals surface area contributed by atoms with Gasteiger partial charge in [0.1, 0.15) is 11.5 Å². The number of anilines is 2. The van der Waals surface area contributed by atoms with Gasteiger partial charge in [0.15, 0.2) is 0 Å². The number of amides is 2. The summed E-state index contributed by atoms with van der Waals surface area (Å²) in [6, 6.07) is 16.9. The highest BCUT2D eigenvalue weighted by Gasteiger charge is 2.18. The van der Waals surface area contributed by atoms with Crippen LogP contribution in [-0.4, -0.2) is 22.0 Å². The summed E-state index contributed by atoms with van der Waals surface area (Å²) in [5, 5.41) is 26.3. The molecule has 0 saturated heterocycles. The Kier molecular flexibility index (Phi) is 7.77. The van der Waals surface area contributed by atoms with Crippen molar-refractivity contribution in [2.75, 3.05) is 10.6 Å². The zero-order chi connectivity index (χ0) is 26.7. The number of carbonyl (C=O) groups is 2. The summed E-state index contributed by atoms with van der Waals surface area (Å²) in [5.41, 5.74) is 3.29. The summed E-state index contributed by atoms with van der Waals surface area (Å²) in [6.45, 7) is 12.7. The van der Waals surface area contributed by atoms with Crippen LogP contribution >= 0.6 is 0 Å². The molecule has 0 radical (unpaired) electrons. The van der Waals surface area contributed by atoms with E-state index in [9.17, 15) is 19.8 Å². The molecule has 0 unspecified atom stereocenters. The van der Waals surface area contributed by atoms with Gasteiger partial charge < -0.3 is 20.8 Å². The van der Waals surface area contributed by atoms with Crippen LogP contribution in [0.25, 0.3) is 0 Å². The largest absolute Gasteiger partial charge is 0.507 e. The van der Waals surface area contributed by atoms with Crippen molar-refractivity contribution in [3.63, 3.8) is 0 Å².